The lowest BCUT2D eigenvalue weighted by Crippen LogP contribution is -2.21. The van der Waals surface area contributed by atoms with E-state index in [-0.39, 0.29) is 0 Å². The highest BCUT2D eigenvalue weighted by molar-refractivity contribution is 6.04. The van der Waals surface area contributed by atoms with Crippen molar-refractivity contribution in [3.8, 4) is 11.1 Å². The SMILES string of the molecule is Cc1ccc(-c2cccc3c4c(oc23)=CCCC=4)c2ccccc12. The van der Waals surface area contributed by atoms with Gasteiger partial charge in [0.2, 0.25) is 0 Å². The molecule has 1 heteroatoms. The third kappa shape index (κ3) is 1.88. The van der Waals surface area contributed by atoms with E-state index >= 15 is 0 Å². The summed E-state index contributed by atoms with van der Waals surface area (Å²) in [5, 5.41) is 5.08. The van der Waals surface area contributed by atoms with Crippen LogP contribution < -0.4 is 10.6 Å². The van der Waals surface area contributed by atoms with Crippen LogP contribution in [0.15, 0.2) is 59.0 Å². The number of rotatable bonds is 1. The summed E-state index contributed by atoms with van der Waals surface area (Å²) in [6.07, 6.45) is 6.68. The van der Waals surface area contributed by atoms with Crippen LogP contribution in [0.2, 0.25) is 0 Å². The molecular weight excluding hydrogens is 292 g/mol. The summed E-state index contributed by atoms with van der Waals surface area (Å²) in [5.74, 6) is 0. The van der Waals surface area contributed by atoms with Gasteiger partial charge in [-0.3, -0.25) is 0 Å². The molecule has 3 aromatic carbocycles. The zero-order valence-electron chi connectivity index (χ0n) is 13.7. The second-order valence-corrected chi connectivity index (χ2v) is 6.52. The van der Waals surface area contributed by atoms with Crippen molar-refractivity contribution in [1.29, 1.82) is 0 Å². The van der Waals surface area contributed by atoms with Crippen molar-refractivity contribution in [1.82, 2.24) is 0 Å². The zero-order chi connectivity index (χ0) is 16.1. The molecular formula is C23H18O. The van der Waals surface area contributed by atoms with Crippen LogP contribution in [0.4, 0.5) is 0 Å². The van der Waals surface area contributed by atoms with Crippen LogP contribution in [0, 0.1) is 6.92 Å². The van der Waals surface area contributed by atoms with E-state index in [1.54, 1.807) is 0 Å². The molecule has 0 atom stereocenters. The van der Waals surface area contributed by atoms with E-state index in [0.717, 1.165) is 23.8 Å². The Morgan fingerprint density at radius 2 is 1.50 bits per heavy atom. The summed E-state index contributed by atoms with van der Waals surface area (Å²) in [5.41, 5.74) is 5.76. The van der Waals surface area contributed by atoms with Crippen LogP contribution in [-0.2, 0) is 0 Å². The number of benzene rings is 3. The first kappa shape index (κ1) is 13.6. The Bertz CT molecular complexity index is 1210. The first-order chi connectivity index (χ1) is 11.8. The van der Waals surface area contributed by atoms with Crippen molar-refractivity contribution in [2.75, 3.05) is 0 Å². The lowest BCUT2D eigenvalue weighted by Gasteiger charge is -2.09. The Balaban J connectivity index is 1.92. The van der Waals surface area contributed by atoms with E-state index in [9.17, 15) is 0 Å². The Kier molecular flexibility index (Phi) is 2.90. The molecule has 0 bridgehead atoms. The lowest BCUT2D eigenvalue weighted by molar-refractivity contribution is 0.572. The monoisotopic (exact) mass is 310 g/mol. The van der Waals surface area contributed by atoms with Gasteiger partial charge in [0.05, 0.1) is 0 Å². The summed E-state index contributed by atoms with van der Waals surface area (Å²) in [4.78, 5) is 0. The normalized spacial score (nSPS) is 13.5. The molecule has 5 rings (SSSR count). The number of hydrogen-bond acceptors (Lipinski definition) is 1. The topological polar surface area (TPSA) is 13.1 Å². The summed E-state index contributed by atoms with van der Waals surface area (Å²) in [6, 6.07) is 19.5. The van der Waals surface area contributed by atoms with Crippen molar-refractivity contribution in [2.24, 2.45) is 0 Å². The second kappa shape index (κ2) is 5.10. The number of hydrogen-bond donors (Lipinski definition) is 0. The average Bonchev–Trinajstić information content (AvgIpc) is 3.01. The predicted molar refractivity (Wildman–Crippen MR) is 101 cm³/mol. The van der Waals surface area contributed by atoms with Crippen LogP contribution >= 0.6 is 0 Å². The van der Waals surface area contributed by atoms with Crippen molar-refractivity contribution in [2.45, 2.75) is 19.8 Å². The van der Waals surface area contributed by atoms with Crippen LogP contribution in [0.5, 0.6) is 0 Å². The number of aryl methyl sites for hydroxylation is 1. The standard InChI is InChI=1S/C23H18O/c1-15-13-14-18(17-8-3-2-7-16(15)17)20-10-6-11-21-19-9-4-5-12-22(19)24-23(20)21/h2-3,6-14H,4-5H2,1H3. The van der Waals surface area contributed by atoms with Crippen LogP contribution in [0.1, 0.15) is 18.4 Å². The van der Waals surface area contributed by atoms with Crippen LogP contribution in [0.25, 0.3) is 45.0 Å². The minimum atomic E-state index is 1.01. The number of fused-ring (bicyclic) bond motifs is 4. The fourth-order valence-corrected chi connectivity index (χ4v) is 3.86. The molecule has 116 valence electrons. The van der Waals surface area contributed by atoms with E-state index in [1.807, 2.05) is 0 Å². The first-order valence-corrected chi connectivity index (χ1v) is 8.53. The molecule has 4 aromatic rings. The average molecular weight is 310 g/mol. The van der Waals surface area contributed by atoms with E-state index in [1.165, 1.54) is 38.1 Å². The molecule has 0 aliphatic heterocycles. The van der Waals surface area contributed by atoms with Crippen molar-refractivity contribution in [3.05, 3.63) is 70.8 Å². The quantitative estimate of drug-likeness (QED) is 0.486. The molecule has 0 N–H and O–H groups in total. The molecule has 0 saturated carbocycles. The molecule has 1 aliphatic carbocycles. The van der Waals surface area contributed by atoms with Gasteiger partial charge in [-0.15, -0.1) is 0 Å². The van der Waals surface area contributed by atoms with Gasteiger partial charge in [-0.2, -0.15) is 0 Å². The number of furan rings is 1. The van der Waals surface area contributed by atoms with Gasteiger partial charge in [-0.05, 0) is 47.7 Å². The van der Waals surface area contributed by atoms with Gasteiger partial charge in [0.1, 0.15) is 11.0 Å². The fraction of sp³-hybridized carbons (Fsp3) is 0.130. The Labute approximate surface area is 140 Å². The minimum absolute atomic E-state index is 1.01. The largest absolute Gasteiger partial charge is 0.456 e. The molecule has 0 saturated heterocycles. The third-order valence-electron chi connectivity index (χ3n) is 5.06. The van der Waals surface area contributed by atoms with Crippen LogP contribution in [-0.4, -0.2) is 0 Å². The molecule has 24 heavy (non-hydrogen) atoms. The molecule has 1 nitrogen and oxygen atoms in total. The summed E-state index contributed by atoms with van der Waals surface area (Å²) in [6.45, 7) is 2.17. The van der Waals surface area contributed by atoms with Gasteiger partial charge in [0.15, 0.2) is 0 Å². The highest BCUT2D eigenvalue weighted by atomic mass is 16.3. The molecule has 1 aliphatic rings. The summed E-state index contributed by atoms with van der Waals surface area (Å²) in [7, 11) is 0. The Hall–Kier alpha value is -2.80. The van der Waals surface area contributed by atoms with E-state index in [2.05, 4.69) is 73.7 Å². The Morgan fingerprint density at radius 1 is 0.708 bits per heavy atom. The molecule has 1 aromatic heterocycles. The molecule has 1 heterocycles. The minimum Gasteiger partial charge on any atom is -0.456 e. The van der Waals surface area contributed by atoms with Gasteiger partial charge >= 0.3 is 0 Å². The van der Waals surface area contributed by atoms with Crippen LogP contribution in [0.3, 0.4) is 0 Å². The third-order valence-corrected chi connectivity index (χ3v) is 5.06. The summed E-state index contributed by atoms with van der Waals surface area (Å²) < 4.78 is 6.27. The molecule has 0 fully saturated rings. The molecule has 0 unspecified atom stereocenters. The fourth-order valence-electron chi connectivity index (χ4n) is 3.86. The maximum atomic E-state index is 6.27. The highest BCUT2D eigenvalue weighted by Gasteiger charge is 2.13. The van der Waals surface area contributed by atoms with Gasteiger partial charge in [-0.25, -0.2) is 0 Å². The van der Waals surface area contributed by atoms with E-state index in [4.69, 9.17) is 4.42 Å². The van der Waals surface area contributed by atoms with Gasteiger partial charge in [0.25, 0.3) is 0 Å². The Morgan fingerprint density at radius 3 is 2.42 bits per heavy atom. The molecule has 0 amide bonds. The first-order valence-electron chi connectivity index (χ1n) is 8.53. The zero-order valence-corrected chi connectivity index (χ0v) is 13.7. The second-order valence-electron chi connectivity index (χ2n) is 6.52. The summed E-state index contributed by atoms with van der Waals surface area (Å²) >= 11 is 0. The number of para-hydroxylation sites is 1. The molecule has 0 radical (unpaired) electrons. The van der Waals surface area contributed by atoms with Gasteiger partial charge < -0.3 is 4.42 Å². The molecule has 0 spiro atoms. The van der Waals surface area contributed by atoms with E-state index in [0.29, 0.717) is 0 Å². The predicted octanol–water partition coefficient (Wildman–Crippen LogP) is 4.92. The van der Waals surface area contributed by atoms with E-state index < -0.39 is 0 Å². The smallest absolute Gasteiger partial charge is 0.143 e. The van der Waals surface area contributed by atoms with Gasteiger partial charge in [0, 0.05) is 16.2 Å². The van der Waals surface area contributed by atoms with Crippen molar-refractivity contribution < 1.29 is 4.42 Å². The maximum absolute atomic E-state index is 6.27. The van der Waals surface area contributed by atoms with Crippen molar-refractivity contribution in [3.63, 3.8) is 0 Å². The highest BCUT2D eigenvalue weighted by Crippen LogP contribution is 2.34. The van der Waals surface area contributed by atoms with Crippen molar-refractivity contribution >= 4 is 33.9 Å². The maximum Gasteiger partial charge on any atom is 0.143 e. The van der Waals surface area contributed by atoms with Gasteiger partial charge in [-0.1, -0.05) is 60.7 Å². The lowest BCUT2D eigenvalue weighted by atomic mass is 9.94.